The van der Waals surface area contributed by atoms with E-state index in [1.165, 1.54) is 25.6 Å². The van der Waals surface area contributed by atoms with E-state index in [-0.39, 0.29) is 5.78 Å². The molecular formula is C13H11ClO3S. The summed E-state index contributed by atoms with van der Waals surface area (Å²) in [6.45, 7) is 0. The summed E-state index contributed by atoms with van der Waals surface area (Å²) in [6, 6.07) is 6.70. The summed E-state index contributed by atoms with van der Waals surface area (Å²) < 4.78 is 10.3. The lowest BCUT2D eigenvalue weighted by molar-refractivity contribution is 0.103. The Morgan fingerprint density at radius 3 is 2.56 bits per heavy atom. The molecule has 0 aliphatic rings. The zero-order valence-corrected chi connectivity index (χ0v) is 11.5. The Labute approximate surface area is 114 Å². The molecule has 0 bridgehead atoms. The lowest BCUT2D eigenvalue weighted by atomic mass is 10.1. The topological polar surface area (TPSA) is 35.5 Å². The molecule has 0 amide bonds. The van der Waals surface area contributed by atoms with Crippen molar-refractivity contribution in [3.05, 3.63) is 45.1 Å². The van der Waals surface area contributed by atoms with Crippen LogP contribution in [-0.2, 0) is 0 Å². The summed E-state index contributed by atoms with van der Waals surface area (Å²) in [4.78, 5) is 12.9. The van der Waals surface area contributed by atoms with Gasteiger partial charge in [-0.25, -0.2) is 0 Å². The average molecular weight is 283 g/mol. The van der Waals surface area contributed by atoms with E-state index in [4.69, 9.17) is 21.1 Å². The number of rotatable bonds is 4. The largest absolute Gasteiger partial charge is 0.496 e. The molecule has 2 aromatic rings. The second kappa shape index (κ2) is 5.42. The summed E-state index contributed by atoms with van der Waals surface area (Å²) in [5.41, 5.74) is 0.475. The third-order valence-corrected chi connectivity index (χ3v) is 3.59. The first-order chi connectivity index (χ1) is 8.67. The van der Waals surface area contributed by atoms with Crippen LogP contribution in [0.15, 0.2) is 29.6 Å². The fourth-order valence-electron chi connectivity index (χ4n) is 1.60. The summed E-state index contributed by atoms with van der Waals surface area (Å²) in [7, 11) is 3.05. The quantitative estimate of drug-likeness (QED) is 0.803. The molecule has 2 rings (SSSR count). The van der Waals surface area contributed by atoms with Gasteiger partial charge in [0.05, 0.1) is 19.8 Å². The van der Waals surface area contributed by atoms with Gasteiger partial charge in [0.2, 0.25) is 5.78 Å². The molecule has 0 atom stereocenters. The summed E-state index contributed by atoms with van der Waals surface area (Å²) in [6.07, 6.45) is 0. The van der Waals surface area contributed by atoms with E-state index in [2.05, 4.69) is 0 Å². The van der Waals surface area contributed by atoms with E-state index in [0.717, 1.165) is 0 Å². The summed E-state index contributed by atoms with van der Waals surface area (Å²) in [5, 5.41) is 2.34. The molecule has 0 N–H and O–H groups in total. The van der Waals surface area contributed by atoms with Crippen LogP contribution < -0.4 is 9.47 Å². The Balaban J connectivity index is 2.46. The maximum atomic E-state index is 12.4. The van der Waals surface area contributed by atoms with Crippen LogP contribution in [0.25, 0.3) is 0 Å². The molecule has 0 fully saturated rings. The third kappa shape index (κ3) is 2.35. The summed E-state index contributed by atoms with van der Waals surface area (Å²) in [5.74, 6) is 0.903. The standard InChI is InChI=1S/C13H11ClO3S/c1-16-10-5-6-18-13(10)12(15)9-4-3-8(14)7-11(9)17-2/h3-7H,1-2H3. The predicted octanol–water partition coefficient (Wildman–Crippen LogP) is 3.65. The predicted molar refractivity (Wildman–Crippen MR) is 72.3 cm³/mol. The van der Waals surface area contributed by atoms with Crippen LogP contribution >= 0.6 is 22.9 Å². The SMILES string of the molecule is COc1cc(Cl)ccc1C(=O)c1sccc1OC. The van der Waals surface area contributed by atoms with Gasteiger partial charge in [0, 0.05) is 5.02 Å². The van der Waals surface area contributed by atoms with Gasteiger partial charge in [-0.1, -0.05) is 11.6 Å². The maximum Gasteiger partial charge on any atom is 0.210 e. The van der Waals surface area contributed by atoms with E-state index in [9.17, 15) is 4.79 Å². The number of hydrogen-bond donors (Lipinski definition) is 0. The maximum absolute atomic E-state index is 12.4. The summed E-state index contributed by atoms with van der Waals surface area (Å²) >= 11 is 7.21. The van der Waals surface area contributed by atoms with Crippen molar-refractivity contribution in [3.8, 4) is 11.5 Å². The van der Waals surface area contributed by atoms with Crippen molar-refractivity contribution in [1.29, 1.82) is 0 Å². The molecular weight excluding hydrogens is 272 g/mol. The van der Waals surface area contributed by atoms with Gasteiger partial charge in [-0.3, -0.25) is 4.79 Å². The number of ketones is 1. The van der Waals surface area contributed by atoms with Crippen molar-refractivity contribution in [2.45, 2.75) is 0 Å². The second-order valence-electron chi connectivity index (χ2n) is 3.49. The number of thiophene rings is 1. The van der Waals surface area contributed by atoms with Crippen molar-refractivity contribution < 1.29 is 14.3 Å². The van der Waals surface area contributed by atoms with Crippen LogP contribution in [0.4, 0.5) is 0 Å². The molecule has 0 saturated heterocycles. The minimum Gasteiger partial charge on any atom is -0.496 e. The van der Waals surface area contributed by atoms with Crippen molar-refractivity contribution in [2.75, 3.05) is 14.2 Å². The van der Waals surface area contributed by atoms with Crippen LogP contribution in [0, 0.1) is 0 Å². The third-order valence-electron chi connectivity index (χ3n) is 2.46. The van der Waals surface area contributed by atoms with Gasteiger partial charge < -0.3 is 9.47 Å². The van der Waals surface area contributed by atoms with E-state index < -0.39 is 0 Å². The molecule has 0 spiro atoms. The van der Waals surface area contributed by atoms with Gasteiger partial charge in [0.1, 0.15) is 16.4 Å². The van der Waals surface area contributed by atoms with Gasteiger partial charge in [-0.15, -0.1) is 11.3 Å². The van der Waals surface area contributed by atoms with Gasteiger partial charge in [0.25, 0.3) is 0 Å². The van der Waals surface area contributed by atoms with Gasteiger partial charge in [-0.05, 0) is 29.6 Å². The molecule has 94 valence electrons. The van der Waals surface area contributed by atoms with E-state index in [1.54, 1.807) is 24.3 Å². The first kappa shape index (κ1) is 12.9. The minimum atomic E-state index is -0.129. The van der Waals surface area contributed by atoms with Crippen molar-refractivity contribution in [3.63, 3.8) is 0 Å². The molecule has 0 aliphatic heterocycles. The molecule has 5 heteroatoms. The Bertz CT molecular complexity index is 577. The van der Waals surface area contributed by atoms with E-state index in [0.29, 0.717) is 27.0 Å². The van der Waals surface area contributed by atoms with Crippen LogP contribution in [0.2, 0.25) is 5.02 Å². The zero-order chi connectivity index (χ0) is 13.1. The van der Waals surface area contributed by atoms with Crippen molar-refractivity contribution >= 4 is 28.7 Å². The first-order valence-corrected chi connectivity index (χ1v) is 6.43. The van der Waals surface area contributed by atoms with Crippen molar-refractivity contribution in [1.82, 2.24) is 0 Å². The number of halogens is 1. The Morgan fingerprint density at radius 1 is 1.17 bits per heavy atom. The highest BCUT2D eigenvalue weighted by Crippen LogP contribution is 2.31. The molecule has 3 nitrogen and oxygen atoms in total. The monoisotopic (exact) mass is 282 g/mol. The first-order valence-electron chi connectivity index (χ1n) is 5.17. The molecule has 1 heterocycles. The minimum absolute atomic E-state index is 0.129. The number of carbonyl (C=O) groups excluding carboxylic acids is 1. The molecule has 0 radical (unpaired) electrons. The van der Waals surface area contributed by atoms with Crippen LogP contribution in [0.1, 0.15) is 15.2 Å². The highest BCUT2D eigenvalue weighted by molar-refractivity contribution is 7.12. The average Bonchev–Trinajstić information content (AvgIpc) is 2.86. The van der Waals surface area contributed by atoms with Gasteiger partial charge in [0.15, 0.2) is 0 Å². The van der Waals surface area contributed by atoms with Crippen LogP contribution in [-0.4, -0.2) is 20.0 Å². The molecule has 1 aromatic carbocycles. The lowest BCUT2D eigenvalue weighted by Crippen LogP contribution is -2.03. The van der Waals surface area contributed by atoms with Gasteiger partial charge >= 0.3 is 0 Å². The number of methoxy groups -OCH3 is 2. The smallest absolute Gasteiger partial charge is 0.210 e. The lowest BCUT2D eigenvalue weighted by Gasteiger charge is -2.08. The van der Waals surface area contributed by atoms with Crippen LogP contribution in [0.5, 0.6) is 11.5 Å². The number of carbonyl (C=O) groups is 1. The zero-order valence-electron chi connectivity index (χ0n) is 9.90. The number of ether oxygens (including phenoxy) is 2. The van der Waals surface area contributed by atoms with Gasteiger partial charge in [-0.2, -0.15) is 0 Å². The second-order valence-corrected chi connectivity index (χ2v) is 4.84. The van der Waals surface area contributed by atoms with E-state index >= 15 is 0 Å². The molecule has 0 unspecified atom stereocenters. The van der Waals surface area contributed by atoms with Crippen LogP contribution in [0.3, 0.4) is 0 Å². The fourth-order valence-corrected chi connectivity index (χ4v) is 2.57. The molecule has 1 aromatic heterocycles. The number of hydrogen-bond acceptors (Lipinski definition) is 4. The van der Waals surface area contributed by atoms with Crippen molar-refractivity contribution in [2.24, 2.45) is 0 Å². The Hall–Kier alpha value is -1.52. The number of benzene rings is 1. The molecule has 0 aliphatic carbocycles. The fraction of sp³-hybridized carbons (Fsp3) is 0.154. The van der Waals surface area contributed by atoms with E-state index in [1.807, 2.05) is 5.38 Å². The normalized spacial score (nSPS) is 10.2. The highest BCUT2D eigenvalue weighted by atomic mass is 35.5. The molecule has 0 saturated carbocycles. The Morgan fingerprint density at radius 2 is 1.89 bits per heavy atom. The Kier molecular flexibility index (Phi) is 3.89. The molecule has 18 heavy (non-hydrogen) atoms. The highest BCUT2D eigenvalue weighted by Gasteiger charge is 2.19.